The lowest BCUT2D eigenvalue weighted by atomic mass is 9.93. The summed E-state index contributed by atoms with van der Waals surface area (Å²) < 4.78 is 5.34. The minimum Gasteiger partial charge on any atom is -0.469 e. The van der Waals surface area contributed by atoms with Gasteiger partial charge in [0.25, 0.3) is 0 Å². The second-order valence-electron chi connectivity index (χ2n) is 6.16. The molecule has 1 saturated carbocycles. The number of guanidine groups is 1. The molecule has 1 aliphatic rings. The van der Waals surface area contributed by atoms with E-state index in [1.807, 2.05) is 12.1 Å². The molecule has 0 amide bonds. The van der Waals surface area contributed by atoms with Crippen molar-refractivity contribution >= 4 is 5.96 Å². The number of aliphatic hydroxyl groups excluding tert-OH is 1. The third-order valence-electron chi connectivity index (χ3n) is 4.24. The summed E-state index contributed by atoms with van der Waals surface area (Å²) in [7, 11) is 0. The molecule has 0 aromatic carbocycles. The van der Waals surface area contributed by atoms with E-state index >= 15 is 0 Å². The monoisotopic (exact) mass is 307 g/mol. The van der Waals surface area contributed by atoms with Crippen LogP contribution in [0.15, 0.2) is 27.8 Å². The molecule has 0 aliphatic heterocycles. The van der Waals surface area contributed by atoms with Crippen LogP contribution in [0, 0.1) is 0 Å². The molecule has 1 aromatic rings. The zero-order chi connectivity index (χ0) is 15.8. The summed E-state index contributed by atoms with van der Waals surface area (Å²) >= 11 is 0. The Balaban J connectivity index is 1.86. The van der Waals surface area contributed by atoms with Crippen molar-refractivity contribution in [3.8, 4) is 0 Å². The van der Waals surface area contributed by atoms with Crippen molar-refractivity contribution in [1.82, 2.24) is 10.6 Å². The fourth-order valence-corrected chi connectivity index (χ4v) is 2.61. The molecule has 0 radical (unpaired) electrons. The lowest BCUT2D eigenvalue weighted by Gasteiger charge is -2.28. The molecule has 2 rings (SSSR count). The molecule has 1 heterocycles. The van der Waals surface area contributed by atoms with Gasteiger partial charge in [0.1, 0.15) is 5.76 Å². The number of rotatable bonds is 6. The molecule has 0 saturated heterocycles. The van der Waals surface area contributed by atoms with Crippen LogP contribution in [0.4, 0.5) is 0 Å². The molecule has 5 heteroatoms. The molecule has 1 unspecified atom stereocenters. The summed E-state index contributed by atoms with van der Waals surface area (Å²) in [5.74, 6) is 1.84. The van der Waals surface area contributed by atoms with E-state index in [1.165, 1.54) is 0 Å². The van der Waals surface area contributed by atoms with Gasteiger partial charge in [-0.25, -0.2) is 0 Å². The fourth-order valence-electron chi connectivity index (χ4n) is 2.61. The molecular weight excluding hydrogens is 278 g/mol. The van der Waals surface area contributed by atoms with Crippen LogP contribution >= 0.6 is 0 Å². The number of nitrogens with one attached hydrogen (secondary N) is 2. The summed E-state index contributed by atoms with van der Waals surface area (Å²) in [6.45, 7) is 5.03. The molecule has 1 fully saturated rings. The molecule has 1 atom stereocenters. The van der Waals surface area contributed by atoms with Gasteiger partial charge in [0.05, 0.1) is 12.4 Å². The Bertz CT molecular complexity index is 437. The van der Waals surface area contributed by atoms with E-state index < -0.39 is 0 Å². The molecule has 3 N–H and O–H groups in total. The van der Waals surface area contributed by atoms with Gasteiger partial charge >= 0.3 is 0 Å². The average Bonchev–Trinajstić information content (AvgIpc) is 3.02. The van der Waals surface area contributed by atoms with Crippen LogP contribution in [-0.4, -0.2) is 35.8 Å². The van der Waals surface area contributed by atoms with Crippen molar-refractivity contribution in [3.05, 3.63) is 24.2 Å². The Kier molecular flexibility index (Phi) is 6.77. The zero-order valence-corrected chi connectivity index (χ0v) is 13.7. The van der Waals surface area contributed by atoms with E-state index in [9.17, 15) is 5.11 Å². The third-order valence-corrected chi connectivity index (χ3v) is 4.24. The van der Waals surface area contributed by atoms with Crippen molar-refractivity contribution in [2.45, 2.75) is 70.6 Å². The van der Waals surface area contributed by atoms with Gasteiger partial charge in [-0.05, 0) is 51.2 Å². The molecule has 22 heavy (non-hydrogen) atoms. The first-order valence-corrected chi connectivity index (χ1v) is 8.45. The van der Waals surface area contributed by atoms with Gasteiger partial charge in [0.15, 0.2) is 5.96 Å². The highest BCUT2D eigenvalue weighted by atomic mass is 16.3. The van der Waals surface area contributed by atoms with Gasteiger partial charge in [-0.15, -0.1) is 0 Å². The summed E-state index contributed by atoms with van der Waals surface area (Å²) in [6.07, 6.45) is 7.19. The first-order valence-electron chi connectivity index (χ1n) is 8.45. The highest BCUT2D eigenvalue weighted by Gasteiger charge is 2.20. The summed E-state index contributed by atoms with van der Waals surface area (Å²) in [5.41, 5.74) is 0. The van der Waals surface area contributed by atoms with Crippen molar-refractivity contribution in [2.24, 2.45) is 4.99 Å². The summed E-state index contributed by atoms with van der Waals surface area (Å²) in [5, 5.41) is 16.6. The van der Waals surface area contributed by atoms with Crippen molar-refractivity contribution in [1.29, 1.82) is 0 Å². The maximum absolute atomic E-state index is 9.61. The lowest BCUT2D eigenvalue weighted by Crippen LogP contribution is -2.48. The first-order chi connectivity index (χ1) is 10.7. The maximum atomic E-state index is 9.61. The average molecular weight is 307 g/mol. The Morgan fingerprint density at radius 3 is 2.82 bits per heavy atom. The van der Waals surface area contributed by atoms with Crippen LogP contribution in [0.2, 0.25) is 0 Å². The van der Waals surface area contributed by atoms with Gasteiger partial charge in [-0.1, -0.05) is 6.92 Å². The van der Waals surface area contributed by atoms with Crippen LogP contribution in [0.3, 0.4) is 0 Å². The van der Waals surface area contributed by atoms with E-state index in [0.29, 0.717) is 18.6 Å². The largest absolute Gasteiger partial charge is 0.469 e. The van der Waals surface area contributed by atoms with Gasteiger partial charge < -0.3 is 20.2 Å². The first kappa shape index (κ1) is 16.9. The standard InChI is InChI=1S/C17H29N3O2/c1-3-13(2)19-17(18-11-10-16-5-4-12-22-16)20-14-6-8-15(21)9-7-14/h4-5,12-15,21H,3,6-11H2,1-2H3,(H2,18,19,20). The lowest BCUT2D eigenvalue weighted by molar-refractivity contribution is 0.120. The second kappa shape index (κ2) is 8.83. The van der Waals surface area contributed by atoms with Gasteiger partial charge in [0.2, 0.25) is 0 Å². The van der Waals surface area contributed by atoms with E-state index in [4.69, 9.17) is 4.42 Å². The summed E-state index contributed by atoms with van der Waals surface area (Å²) in [6, 6.07) is 4.68. The predicted octanol–water partition coefficient (Wildman–Crippen LogP) is 2.46. The number of aliphatic hydroxyl groups is 1. The third kappa shape index (κ3) is 5.72. The van der Waals surface area contributed by atoms with Gasteiger partial charge in [0, 0.05) is 25.0 Å². The molecule has 5 nitrogen and oxygen atoms in total. The molecular formula is C17H29N3O2. The maximum Gasteiger partial charge on any atom is 0.191 e. The number of furan rings is 1. The SMILES string of the molecule is CCC(C)NC(=NCCc1ccco1)NC1CCC(O)CC1. The topological polar surface area (TPSA) is 69.8 Å². The minimum atomic E-state index is -0.125. The Morgan fingerprint density at radius 1 is 1.41 bits per heavy atom. The number of hydrogen-bond acceptors (Lipinski definition) is 3. The Labute approximate surface area is 133 Å². The van der Waals surface area contributed by atoms with Gasteiger partial charge in [-0.3, -0.25) is 4.99 Å². The van der Waals surface area contributed by atoms with Crippen molar-refractivity contribution in [2.75, 3.05) is 6.54 Å². The van der Waals surface area contributed by atoms with Crippen LogP contribution in [-0.2, 0) is 6.42 Å². The Morgan fingerprint density at radius 2 is 2.18 bits per heavy atom. The molecule has 0 spiro atoms. The second-order valence-corrected chi connectivity index (χ2v) is 6.16. The highest BCUT2D eigenvalue weighted by molar-refractivity contribution is 5.80. The van der Waals surface area contributed by atoms with Crippen LogP contribution < -0.4 is 10.6 Å². The Hall–Kier alpha value is -1.49. The van der Waals surface area contributed by atoms with E-state index in [2.05, 4.69) is 29.5 Å². The van der Waals surface area contributed by atoms with Crippen LogP contribution in [0.25, 0.3) is 0 Å². The molecule has 1 aliphatic carbocycles. The van der Waals surface area contributed by atoms with Crippen LogP contribution in [0.5, 0.6) is 0 Å². The van der Waals surface area contributed by atoms with Gasteiger partial charge in [-0.2, -0.15) is 0 Å². The molecule has 1 aromatic heterocycles. The van der Waals surface area contributed by atoms with Crippen LogP contribution in [0.1, 0.15) is 51.7 Å². The number of nitrogens with zero attached hydrogens (tertiary/aromatic N) is 1. The van der Waals surface area contributed by atoms with E-state index in [0.717, 1.165) is 50.2 Å². The van der Waals surface area contributed by atoms with E-state index in [-0.39, 0.29) is 6.10 Å². The fraction of sp³-hybridized carbons (Fsp3) is 0.706. The number of hydrogen-bond donors (Lipinski definition) is 3. The van der Waals surface area contributed by atoms with E-state index in [1.54, 1.807) is 6.26 Å². The molecule has 124 valence electrons. The smallest absolute Gasteiger partial charge is 0.191 e. The number of aliphatic imine (C=N–C) groups is 1. The highest BCUT2D eigenvalue weighted by Crippen LogP contribution is 2.18. The normalized spacial score (nSPS) is 24.0. The van der Waals surface area contributed by atoms with Crippen molar-refractivity contribution < 1.29 is 9.52 Å². The quantitative estimate of drug-likeness (QED) is 0.558. The van der Waals surface area contributed by atoms with Crippen molar-refractivity contribution in [3.63, 3.8) is 0 Å². The minimum absolute atomic E-state index is 0.125. The zero-order valence-electron chi connectivity index (χ0n) is 13.7. The predicted molar refractivity (Wildman–Crippen MR) is 89.0 cm³/mol. The summed E-state index contributed by atoms with van der Waals surface area (Å²) in [4.78, 5) is 4.67. The molecule has 0 bridgehead atoms.